The number of ether oxygens (including phenoxy) is 1. The average Bonchev–Trinajstić information content (AvgIpc) is 2.26. The maximum Gasteiger partial charge on any atom is 0.153 e. The Hall–Kier alpha value is -0.420. The summed E-state index contributed by atoms with van der Waals surface area (Å²) in [6.07, 6.45) is 3.00. The highest BCUT2D eigenvalue weighted by Crippen LogP contribution is 2.17. The Morgan fingerprint density at radius 3 is 2.44 bits per heavy atom. The van der Waals surface area contributed by atoms with E-state index in [1.165, 1.54) is 6.92 Å². The number of sulfone groups is 1. The zero-order valence-corrected chi connectivity index (χ0v) is 10.6. The molecule has 0 saturated carbocycles. The van der Waals surface area contributed by atoms with Crippen molar-refractivity contribution in [3.05, 3.63) is 0 Å². The number of hydrogen-bond acceptors (Lipinski definition) is 4. The minimum absolute atomic E-state index is 0.128. The Morgan fingerprint density at radius 1 is 1.25 bits per heavy atom. The van der Waals surface area contributed by atoms with Crippen LogP contribution in [-0.4, -0.2) is 38.4 Å². The van der Waals surface area contributed by atoms with Crippen LogP contribution < -0.4 is 0 Å². The number of carbonyl (C=O) groups excluding carboxylic acids is 1. The molecule has 16 heavy (non-hydrogen) atoms. The molecular weight excluding hydrogens is 228 g/mol. The van der Waals surface area contributed by atoms with Crippen LogP contribution in [0.5, 0.6) is 0 Å². The Morgan fingerprint density at radius 2 is 1.88 bits per heavy atom. The van der Waals surface area contributed by atoms with Gasteiger partial charge in [-0.15, -0.1) is 0 Å². The van der Waals surface area contributed by atoms with Gasteiger partial charge >= 0.3 is 0 Å². The van der Waals surface area contributed by atoms with Gasteiger partial charge < -0.3 is 9.53 Å². The molecule has 0 spiro atoms. The summed E-state index contributed by atoms with van der Waals surface area (Å²) >= 11 is 0. The summed E-state index contributed by atoms with van der Waals surface area (Å²) in [6.45, 7) is 2.64. The second-order valence-electron chi connectivity index (χ2n) is 4.34. The van der Waals surface area contributed by atoms with Crippen LogP contribution in [-0.2, 0) is 19.4 Å². The molecule has 0 bridgehead atoms. The lowest BCUT2D eigenvalue weighted by molar-refractivity contribution is -0.117. The third kappa shape index (κ3) is 4.61. The highest BCUT2D eigenvalue weighted by atomic mass is 32.2. The number of ketones is 1. The van der Waals surface area contributed by atoms with E-state index in [0.29, 0.717) is 45.3 Å². The quantitative estimate of drug-likeness (QED) is 0.665. The standard InChI is InChI=1S/C11H20O4S/c1-10(12)4-2-3-9-16(13,14)11-5-7-15-8-6-11/h11H,2-9H2,1H3. The van der Waals surface area contributed by atoms with Gasteiger partial charge in [0.05, 0.1) is 11.0 Å². The van der Waals surface area contributed by atoms with E-state index >= 15 is 0 Å². The van der Waals surface area contributed by atoms with Crippen LogP contribution in [0.15, 0.2) is 0 Å². The van der Waals surface area contributed by atoms with Crippen molar-refractivity contribution in [2.75, 3.05) is 19.0 Å². The molecule has 1 fully saturated rings. The first kappa shape index (κ1) is 13.6. The summed E-state index contributed by atoms with van der Waals surface area (Å²) in [5.74, 6) is 0.341. The van der Waals surface area contributed by atoms with Gasteiger partial charge in [-0.3, -0.25) is 0 Å². The van der Waals surface area contributed by atoms with E-state index in [2.05, 4.69) is 0 Å². The Kier molecular flexibility index (Phi) is 5.41. The first-order valence-electron chi connectivity index (χ1n) is 5.81. The molecule has 1 saturated heterocycles. The number of unbranched alkanes of at least 4 members (excludes halogenated alkanes) is 1. The van der Waals surface area contributed by atoms with Crippen molar-refractivity contribution in [2.45, 2.75) is 44.3 Å². The lowest BCUT2D eigenvalue weighted by Crippen LogP contribution is -2.30. The van der Waals surface area contributed by atoms with Gasteiger partial charge in [-0.25, -0.2) is 8.42 Å². The fraction of sp³-hybridized carbons (Fsp3) is 0.909. The second kappa shape index (κ2) is 6.35. The van der Waals surface area contributed by atoms with E-state index < -0.39 is 9.84 Å². The van der Waals surface area contributed by atoms with E-state index in [1.807, 2.05) is 0 Å². The molecule has 4 nitrogen and oxygen atoms in total. The summed E-state index contributed by atoms with van der Waals surface area (Å²) < 4.78 is 28.9. The highest BCUT2D eigenvalue weighted by Gasteiger charge is 2.26. The molecule has 0 atom stereocenters. The zero-order valence-electron chi connectivity index (χ0n) is 9.78. The van der Waals surface area contributed by atoms with E-state index in [1.54, 1.807) is 0 Å². The molecule has 0 radical (unpaired) electrons. The van der Waals surface area contributed by atoms with Gasteiger partial charge in [-0.1, -0.05) is 0 Å². The third-order valence-corrected chi connectivity index (χ3v) is 5.23. The van der Waals surface area contributed by atoms with Crippen LogP contribution in [0.25, 0.3) is 0 Å². The molecule has 0 aromatic carbocycles. The van der Waals surface area contributed by atoms with Crippen molar-refractivity contribution in [1.29, 1.82) is 0 Å². The molecule has 0 aromatic heterocycles. The van der Waals surface area contributed by atoms with Crippen LogP contribution in [0.3, 0.4) is 0 Å². The Bertz CT molecular complexity index is 315. The molecular formula is C11H20O4S. The lowest BCUT2D eigenvalue weighted by atomic mass is 10.2. The van der Waals surface area contributed by atoms with Crippen LogP contribution in [0.4, 0.5) is 0 Å². The number of rotatable bonds is 6. The summed E-state index contributed by atoms with van der Waals surface area (Å²) in [5.41, 5.74) is 0. The van der Waals surface area contributed by atoms with E-state index in [-0.39, 0.29) is 16.8 Å². The minimum Gasteiger partial charge on any atom is -0.381 e. The summed E-state index contributed by atoms with van der Waals surface area (Å²) in [4.78, 5) is 10.7. The molecule has 0 aromatic rings. The first-order chi connectivity index (χ1) is 7.52. The number of hydrogen-bond donors (Lipinski definition) is 0. The van der Waals surface area contributed by atoms with Crippen molar-refractivity contribution in [1.82, 2.24) is 0 Å². The molecule has 5 heteroatoms. The van der Waals surface area contributed by atoms with Crippen molar-refractivity contribution in [3.8, 4) is 0 Å². The topological polar surface area (TPSA) is 60.4 Å². The Labute approximate surface area is 97.3 Å². The van der Waals surface area contributed by atoms with Crippen molar-refractivity contribution in [3.63, 3.8) is 0 Å². The molecule has 1 rings (SSSR count). The lowest BCUT2D eigenvalue weighted by Gasteiger charge is -2.21. The first-order valence-corrected chi connectivity index (χ1v) is 7.52. The van der Waals surface area contributed by atoms with Gasteiger partial charge in [0, 0.05) is 19.6 Å². The molecule has 0 unspecified atom stereocenters. The summed E-state index contributed by atoms with van der Waals surface area (Å²) in [7, 11) is -2.97. The molecule has 1 aliphatic rings. The van der Waals surface area contributed by atoms with Crippen molar-refractivity contribution >= 4 is 15.6 Å². The zero-order chi connectivity index (χ0) is 12.0. The fourth-order valence-corrected chi connectivity index (χ4v) is 3.73. The van der Waals surface area contributed by atoms with Crippen LogP contribution in [0, 0.1) is 0 Å². The molecule has 1 aliphatic heterocycles. The van der Waals surface area contributed by atoms with Crippen molar-refractivity contribution in [2.24, 2.45) is 0 Å². The predicted molar refractivity (Wildman–Crippen MR) is 62.2 cm³/mol. The van der Waals surface area contributed by atoms with E-state index in [9.17, 15) is 13.2 Å². The third-order valence-electron chi connectivity index (χ3n) is 2.88. The second-order valence-corrected chi connectivity index (χ2v) is 6.74. The number of carbonyl (C=O) groups is 1. The summed E-state index contributed by atoms with van der Waals surface area (Å²) in [5, 5.41) is -0.224. The molecule has 0 N–H and O–H groups in total. The fourth-order valence-electron chi connectivity index (χ4n) is 1.88. The molecule has 0 aliphatic carbocycles. The average molecular weight is 248 g/mol. The van der Waals surface area contributed by atoms with Gasteiger partial charge in [0.25, 0.3) is 0 Å². The van der Waals surface area contributed by atoms with E-state index in [4.69, 9.17) is 4.74 Å². The van der Waals surface area contributed by atoms with Gasteiger partial charge in [0.1, 0.15) is 5.78 Å². The Balaban J connectivity index is 2.30. The van der Waals surface area contributed by atoms with Crippen LogP contribution >= 0.6 is 0 Å². The molecule has 1 heterocycles. The molecule has 94 valence electrons. The SMILES string of the molecule is CC(=O)CCCCS(=O)(=O)C1CCOCC1. The predicted octanol–water partition coefficient (Wildman–Crippen LogP) is 1.34. The number of Topliss-reactive ketones (excluding diaryl/α,β-unsaturated/α-hetero) is 1. The summed E-state index contributed by atoms with van der Waals surface area (Å²) in [6, 6.07) is 0. The minimum atomic E-state index is -2.97. The van der Waals surface area contributed by atoms with Gasteiger partial charge in [-0.05, 0) is 32.6 Å². The normalized spacial score (nSPS) is 18.6. The maximum absolute atomic E-state index is 11.9. The van der Waals surface area contributed by atoms with E-state index in [0.717, 1.165) is 0 Å². The van der Waals surface area contributed by atoms with Crippen molar-refractivity contribution < 1.29 is 17.9 Å². The van der Waals surface area contributed by atoms with Crippen LogP contribution in [0.2, 0.25) is 0 Å². The molecule has 0 amide bonds. The maximum atomic E-state index is 11.9. The monoisotopic (exact) mass is 248 g/mol. The highest BCUT2D eigenvalue weighted by molar-refractivity contribution is 7.92. The van der Waals surface area contributed by atoms with Gasteiger partial charge in [-0.2, -0.15) is 0 Å². The van der Waals surface area contributed by atoms with Gasteiger partial charge in [0.15, 0.2) is 9.84 Å². The largest absolute Gasteiger partial charge is 0.381 e. The van der Waals surface area contributed by atoms with Gasteiger partial charge in [0.2, 0.25) is 0 Å². The van der Waals surface area contributed by atoms with Crippen LogP contribution in [0.1, 0.15) is 39.0 Å². The smallest absolute Gasteiger partial charge is 0.153 e.